The van der Waals surface area contributed by atoms with Gasteiger partial charge in [0.15, 0.2) is 0 Å². The van der Waals surface area contributed by atoms with E-state index < -0.39 is 12.0 Å². The van der Waals surface area contributed by atoms with E-state index in [1.807, 2.05) is 0 Å². The number of carbonyl (C=O) groups excluding carboxylic acids is 2. The van der Waals surface area contributed by atoms with E-state index in [1.54, 1.807) is 6.92 Å². The van der Waals surface area contributed by atoms with Crippen LogP contribution in [0.4, 0.5) is 0 Å². The van der Waals surface area contributed by atoms with Crippen LogP contribution in [0.1, 0.15) is 32.6 Å². The Kier molecular flexibility index (Phi) is 7.15. The Balaban J connectivity index is 0.00000256. The van der Waals surface area contributed by atoms with Gasteiger partial charge in [0.25, 0.3) is 0 Å². The van der Waals surface area contributed by atoms with Gasteiger partial charge >= 0.3 is 5.97 Å². The summed E-state index contributed by atoms with van der Waals surface area (Å²) >= 11 is 0. The molecule has 0 aliphatic heterocycles. The molecule has 6 heteroatoms. The van der Waals surface area contributed by atoms with Gasteiger partial charge in [-0.3, -0.25) is 4.79 Å². The first-order valence-electron chi connectivity index (χ1n) is 5.67. The molecule has 1 unspecified atom stereocenters. The lowest BCUT2D eigenvalue weighted by atomic mass is 10.00. The summed E-state index contributed by atoms with van der Waals surface area (Å²) in [7, 11) is 1.30. The smallest absolute Gasteiger partial charge is 0.328 e. The van der Waals surface area contributed by atoms with E-state index in [1.165, 1.54) is 7.11 Å². The van der Waals surface area contributed by atoms with E-state index in [0.717, 1.165) is 19.3 Å². The van der Waals surface area contributed by atoms with Gasteiger partial charge in [-0.1, -0.05) is 6.42 Å². The molecule has 3 atom stereocenters. The molecule has 0 spiro atoms. The normalized spacial score (nSPS) is 24.6. The van der Waals surface area contributed by atoms with Crippen molar-refractivity contribution in [3.8, 4) is 0 Å². The molecule has 5 nitrogen and oxygen atoms in total. The van der Waals surface area contributed by atoms with Crippen LogP contribution in [-0.4, -0.2) is 31.1 Å². The van der Waals surface area contributed by atoms with Gasteiger partial charge in [-0.2, -0.15) is 0 Å². The molecule has 100 valence electrons. The Morgan fingerprint density at radius 3 is 2.59 bits per heavy atom. The van der Waals surface area contributed by atoms with Crippen LogP contribution in [0, 0.1) is 5.92 Å². The van der Waals surface area contributed by atoms with E-state index in [4.69, 9.17) is 5.73 Å². The lowest BCUT2D eigenvalue weighted by Gasteiger charge is -2.16. The van der Waals surface area contributed by atoms with Crippen LogP contribution in [0.25, 0.3) is 0 Å². The van der Waals surface area contributed by atoms with Crippen LogP contribution in [0.15, 0.2) is 0 Å². The van der Waals surface area contributed by atoms with Gasteiger partial charge in [-0.15, -0.1) is 12.4 Å². The Morgan fingerprint density at radius 2 is 2.12 bits per heavy atom. The minimum atomic E-state index is -0.588. The third kappa shape index (κ3) is 4.91. The van der Waals surface area contributed by atoms with Crippen molar-refractivity contribution in [3.05, 3.63) is 0 Å². The molecule has 0 radical (unpaired) electrons. The first-order chi connectivity index (χ1) is 7.54. The standard InChI is InChI=1S/C11H20N2O3.ClH/c1-7(11(15)16-2)13-10(14)6-8-4-3-5-9(8)12;/h7-9H,3-6,12H2,1-2H3,(H,13,14);1H/t7?,8-,9+;/m0./s1. The number of halogens is 1. The van der Waals surface area contributed by atoms with Crippen molar-refractivity contribution < 1.29 is 14.3 Å². The number of nitrogens with one attached hydrogen (secondary N) is 1. The van der Waals surface area contributed by atoms with Gasteiger partial charge < -0.3 is 15.8 Å². The Bertz CT molecular complexity index is 273. The molecule has 1 saturated carbocycles. The molecular weight excluding hydrogens is 244 g/mol. The van der Waals surface area contributed by atoms with Gasteiger partial charge in [-0.05, 0) is 25.7 Å². The first kappa shape index (κ1) is 16.2. The zero-order chi connectivity index (χ0) is 12.1. The first-order valence-corrected chi connectivity index (χ1v) is 5.67. The summed E-state index contributed by atoms with van der Waals surface area (Å²) in [5.74, 6) is -0.297. The maximum atomic E-state index is 11.6. The molecule has 1 aliphatic carbocycles. The average molecular weight is 265 g/mol. The molecule has 17 heavy (non-hydrogen) atoms. The molecule has 0 aromatic carbocycles. The van der Waals surface area contributed by atoms with Crippen molar-refractivity contribution in [3.63, 3.8) is 0 Å². The van der Waals surface area contributed by atoms with Crippen molar-refractivity contribution in [2.75, 3.05) is 7.11 Å². The largest absolute Gasteiger partial charge is 0.467 e. The van der Waals surface area contributed by atoms with E-state index in [2.05, 4.69) is 10.1 Å². The highest BCUT2D eigenvalue weighted by molar-refractivity contribution is 5.85. The molecule has 0 heterocycles. The van der Waals surface area contributed by atoms with Gasteiger partial charge in [-0.25, -0.2) is 4.79 Å². The fourth-order valence-corrected chi connectivity index (χ4v) is 2.09. The number of ether oxygens (including phenoxy) is 1. The minimum absolute atomic E-state index is 0. The Hall–Kier alpha value is -0.810. The highest BCUT2D eigenvalue weighted by Crippen LogP contribution is 2.26. The number of carbonyl (C=O) groups is 2. The molecule has 1 aliphatic rings. The fourth-order valence-electron chi connectivity index (χ4n) is 2.09. The summed E-state index contributed by atoms with van der Waals surface area (Å²) < 4.78 is 4.53. The summed E-state index contributed by atoms with van der Waals surface area (Å²) in [6.45, 7) is 1.61. The Labute approximate surface area is 108 Å². The van der Waals surface area contributed by atoms with Crippen molar-refractivity contribution >= 4 is 24.3 Å². The zero-order valence-corrected chi connectivity index (χ0v) is 11.1. The lowest BCUT2D eigenvalue weighted by Crippen LogP contribution is -2.41. The van der Waals surface area contributed by atoms with E-state index >= 15 is 0 Å². The maximum Gasteiger partial charge on any atom is 0.328 e. The molecule has 0 saturated heterocycles. The zero-order valence-electron chi connectivity index (χ0n) is 10.3. The molecule has 0 aromatic heterocycles. The number of methoxy groups -OCH3 is 1. The molecule has 1 fully saturated rings. The van der Waals surface area contributed by atoms with Gasteiger partial charge in [0.2, 0.25) is 5.91 Å². The average Bonchev–Trinajstić information content (AvgIpc) is 2.63. The van der Waals surface area contributed by atoms with Crippen LogP contribution in [0.3, 0.4) is 0 Å². The second kappa shape index (κ2) is 7.50. The number of nitrogens with two attached hydrogens (primary N) is 1. The quantitative estimate of drug-likeness (QED) is 0.729. The topological polar surface area (TPSA) is 81.4 Å². The highest BCUT2D eigenvalue weighted by atomic mass is 35.5. The third-order valence-corrected chi connectivity index (χ3v) is 3.10. The van der Waals surface area contributed by atoms with Crippen molar-refractivity contribution in [1.82, 2.24) is 5.32 Å². The lowest BCUT2D eigenvalue weighted by molar-refractivity contribution is -0.144. The monoisotopic (exact) mass is 264 g/mol. The molecule has 0 aromatic rings. The van der Waals surface area contributed by atoms with Crippen LogP contribution in [-0.2, 0) is 14.3 Å². The van der Waals surface area contributed by atoms with Crippen molar-refractivity contribution in [1.29, 1.82) is 0 Å². The summed E-state index contributed by atoms with van der Waals surface area (Å²) in [5.41, 5.74) is 5.87. The summed E-state index contributed by atoms with van der Waals surface area (Å²) in [6, 6.07) is -0.464. The van der Waals surface area contributed by atoms with E-state index in [-0.39, 0.29) is 30.3 Å². The minimum Gasteiger partial charge on any atom is -0.467 e. The van der Waals surface area contributed by atoms with E-state index in [0.29, 0.717) is 6.42 Å². The summed E-state index contributed by atoms with van der Waals surface area (Å²) in [5, 5.41) is 2.61. The van der Waals surface area contributed by atoms with Gasteiger partial charge in [0.1, 0.15) is 6.04 Å². The van der Waals surface area contributed by atoms with Crippen LogP contribution in [0.2, 0.25) is 0 Å². The predicted molar refractivity (Wildman–Crippen MR) is 66.8 cm³/mol. The number of amides is 1. The second-order valence-corrected chi connectivity index (χ2v) is 4.37. The Morgan fingerprint density at radius 1 is 1.47 bits per heavy atom. The number of hydrogen-bond acceptors (Lipinski definition) is 4. The molecule has 0 bridgehead atoms. The third-order valence-electron chi connectivity index (χ3n) is 3.10. The number of hydrogen-bond donors (Lipinski definition) is 2. The number of esters is 1. The van der Waals surface area contributed by atoms with Gasteiger partial charge in [0.05, 0.1) is 7.11 Å². The molecular formula is C11H21ClN2O3. The van der Waals surface area contributed by atoms with Crippen molar-refractivity contribution in [2.24, 2.45) is 11.7 Å². The van der Waals surface area contributed by atoms with E-state index in [9.17, 15) is 9.59 Å². The van der Waals surface area contributed by atoms with Crippen LogP contribution >= 0.6 is 12.4 Å². The van der Waals surface area contributed by atoms with Crippen LogP contribution < -0.4 is 11.1 Å². The SMILES string of the molecule is COC(=O)C(C)NC(=O)C[C@@H]1CCC[C@H]1N.Cl. The predicted octanol–water partition coefficient (Wildman–Crippen LogP) is 0.603. The summed E-state index contributed by atoms with van der Waals surface area (Å²) in [4.78, 5) is 22.7. The second-order valence-electron chi connectivity index (χ2n) is 4.37. The number of rotatable bonds is 4. The molecule has 3 N–H and O–H groups in total. The molecule has 1 rings (SSSR count). The molecule has 1 amide bonds. The fraction of sp³-hybridized carbons (Fsp3) is 0.818. The van der Waals surface area contributed by atoms with Crippen LogP contribution in [0.5, 0.6) is 0 Å². The van der Waals surface area contributed by atoms with Crippen molar-refractivity contribution in [2.45, 2.75) is 44.7 Å². The maximum absolute atomic E-state index is 11.6. The van der Waals surface area contributed by atoms with Gasteiger partial charge in [0, 0.05) is 12.5 Å². The summed E-state index contributed by atoms with van der Waals surface area (Å²) in [6.07, 6.45) is 3.49. The highest BCUT2D eigenvalue weighted by Gasteiger charge is 2.27.